The quantitative estimate of drug-likeness (QED) is 0.879. The van der Waals surface area contributed by atoms with Crippen molar-refractivity contribution in [3.8, 4) is 5.75 Å². The van der Waals surface area contributed by atoms with Gasteiger partial charge in [-0.15, -0.1) is 10.2 Å². The molecular formula is C15H22N4O. The second kappa shape index (κ2) is 6.52. The third kappa shape index (κ3) is 3.17. The van der Waals surface area contributed by atoms with Gasteiger partial charge in [-0.1, -0.05) is 19.1 Å². The zero-order valence-corrected chi connectivity index (χ0v) is 12.5. The summed E-state index contributed by atoms with van der Waals surface area (Å²) in [5.74, 6) is 1.82. The highest BCUT2D eigenvalue weighted by Crippen LogP contribution is 2.23. The lowest BCUT2D eigenvalue weighted by Gasteiger charge is -2.22. The van der Waals surface area contributed by atoms with E-state index in [0.717, 1.165) is 18.0 Å². The number of rotatable bonds is 6. The molecular weight excluding hydrogens is 252 g/mol. The Kier molecular flexibility index (Phi) is 4.74. The zero-order chi connectivity index (χ0) is 14.5. The Morgan fingerprint density at radius 2 is 2.00 bits per heavy atom. The van der Waals surface area contributed by atoms with Crippen molar-refractivity contribution in [1.29, 1.82) is 0 Å². The van der Waals surface area contributed by atoms with Gasteiger partial charge in [-0.25, -0.2) is 0 Å². The van der Waals surface area contributed by atoms with Gasteiger partial charge in [0.25, 0.3) is 0 Å². The van der Waals surface area contributed by atoms with Crippen LogP contribution in [-0.4, -0.2) is 21.9 Å². The highest BCUT2D eigenvalue weighted by atomic mass is 16.5. The molecule has 5 nitrogen and oxygen atoms in total. The van der Waals surface area contributed by atoms with Crippen LogP contribution in [-0.2, 0) is 7.05 Å². The van der Waals surface area contributed by atoms with Crippen molar-refractivity contribution in [3.05, 3.63) is 42.0 Å². The fraction of sp³-hybridized carbons (Fsp3) is 0.467. The summed E-state index contributed by atoms with van der Waals surface area (Å²) < 4.78 is 7.14. The topological polar surface area (TPSA) is 52.0 Å². The van der Waals surface area contributed by atoms with Crippen LogP contribution in [0.2, 0.25) is 0 Å². The summed E-state index contributed by atoms with van der Waals surface area (Å²) in [6, 6.07) is 8.62. The van der Waals surface area contributed by atoms with Crippen LogP contribution in [0.5, 0.6) is 5.75 Å². The minimum absolute atomic E-state index is 0.148. The molecule has 5 heteroatoms. The number of aryl methyl sites for hydroxylation is 1. The smallest absolute Gasteiger partial charge is 0.149 e. The monoisotopic (exact) mass is 274 g/mol. The fourth-order valence-corrected chi connectivity index (χ4v) is 2.35. The van der Waals surface area contributed by atoms with Crippen LogP contribution in [0.25, 0.3) is 0 Å². The summed E-state index contributed by atoms with van der Waals surface area (Å²) in [4.78, 5) is 0. The van der Waals surface area contributed by atoms with Crippen molar-refractivity contribution >= 4 is 0 Å². The summed E-state index contributed by atoms with van der Waals surface area (Å²) in [6.45, 7) is 4.28. The van der Waals surface area contributed by atoms with Crippen LogP contribution in [0.3, 0.4) is 0 Å². The lowest BCUT2D eigenvalue weighted by molar-refractivity contribution is 0.412. The van der Waals surface area contributed by atoms with E-state index in [1.165, 1.54) is 5.56 Å². The lowest BCUT2D eigenvalue weighted by atomic mass is 10.0. The van der Waals surface area contributed by atoms with E-state index >= 15 is 0 Å². The number of methoxy groups -OCH3 is 1. The molecule has 0 bridgehead atoms. The van der Waals surface area contributed by atoms with Gasteiger partial charge in [0.15, 0.2) is 0 Å². The van der Waals surface area contributed by atoms with E-state index in [2.05, 4.69) is 41.5 Å². The first-order valence-electron chi connectivity index (χ1n) is 6.89. The number of aromatic nitrogens is 3. The summed E-state index contributed by atoms with van der Waals surface area (Å²) in [7, 11) is 3.64. The molecule has 2 aromatic rings. The normalized spacial score (nSPS) is 14.0. The van der Waals surface area contributed by atoms with Gasteiger partial charge in [0, 0.05) is 13.1 Å². The Bertz CT molecular complexity index is 535. The van der Waals surface area contributed by atoms with Crippen LogP contribution in [0.15, 0.2) is 30.6 Å². The summed E-state index contributed by atoms with van der Waals surface area (Å²) in [5.41, 5.74) is 1.25. The number of nitrogens with zero attached hydrogens (tertiary/aromatic N) is 3. The Balaban J connectivity index is 2.10. The molecule has 20 heavy (non-hydrogen) atoms. The number of ether oxygens (including phenoxy) is 1. The third-order valence-electron chi connectivity index (χ3n) is 3.51. The van der Waals surface area contributed by atoms with Crippen LogP contribution in [0, 0.1) is 0 Å². The van der Waals surface area contributed by atoms with Gasteiger partial charge in [0.2, 0.25) is 0 Å². The van der Waals surface area contributed by atoms with Crippen molar-refractivity contribution in [2.45, 2.75) is 32.4 Å². The molecule has 0 saturated heterocycles. The maximum atomic E-state index is 5.20. The number of nitrogens with one attached hydrogen (secondary N) is 1. The van der Waals surface area contributed by atoms with Crippen molar-refractivity contribution in [3.63, 3.8) is 0 Å². The molecule has 2 unspecified atom stereocenters. The Morgan fingerprint density at radius 3 is 2.50 bits per heavy atom. The second-order valence-electron chi connectivity index (χ2n) is 4.92. The average Bonchev–Trinajstić information content (AvgIpc) is 2.91. The minimum atomic E-state index is 0.148. The molecule has 1 aromatic carbocycles. The highest BCUT2D eigenvalue weighted by molar-refractivity contribution is 5.29. The molecule has 2 rings (SSSR count). The molecule has 0 amide bonds. The molecule has 1 aromatic heterocycles. The highest BCUT2D eigenvalue weighted by Gasteiger charge is 2.17. The molecule has 0 spiro atoms. The van der Waals surface area contributed by atoms with Crippen molar-refractivity contribution < 1.29 is 4.74 Å². The molecule has 1 N–H and O–H groups in total. The lowest BCUT2D eigenvalue weighted by Crippen LogP contribution is -2.26. The average molecular weight is 274 g/mol. The van der Waals surface area contributed by atoms with Crippen LogP contribution in [0.1, 0.15) is 43.7 Å². The molecule has 1 heterocycles. The van der Waals surface area contributed by atoms with Gasteiger partial charge >= 0.3 is 0 Å². The SMILES string of the molecule is CCC(NC(C)c1nncn1C)c1ccc(OC)cc1. The van der Waals surface area contributed by atoms with E-state index in [-0.39, 0.29) is 12.1 Å². The van der Waals surface area contributed by atoms with Crippen molar-refractivity contribution in [2.24, 2.45) is 7.05 Å². The van der Waals surface area contributed by atoms with E-state index in [0.29, 0.717) is 0 Å². The molecule has 0 aliphatic carbocycles. The maximum absolute atomic E-state index is 5.20. The van der Waals surface area contributed by atoms with Crippen molar-refractivity contribution in [2.75, 3.05) is 7.11 Å². The predicted molar refractivity (Wildman–Crippen MR) is 78.6 cm³/mol. The van der Waals surface area contributed by atoms with Crippen LogP contribution < -0.4 is 10.1 Å². The van der Waals surface area contributed by atoms with Crippen molar-refractivity contribution in [1.82, 2.24) is 20.1 Å². The van der Waals surface area contributed by atoms with Crippen LogP contribution >= 0.6 is 0 Å². The largest absolute Gasteiger partial charge is 0.497 e. The first kappa shape index (κ1) is 14.5. The third-order valence-corrected chi connectivity index (χ3v) is 3.51. The van der Waals surface area contributed by atoms with E-state index in [4.69, 9.17) is 4.74 Å². The standard InChI is InChI=1S/C15H22N4O/c1-5-14(12-6-8-13(20-4)9-7-12)17-11(2)15-18-16-10-19(15)3/h6-11,14,17H,5H2,1-4H3. The Hall–Kier alpha value is -1.88. The number of benzene rings is 1. The van der Waals surface area contributed by atoms with E-state index in [1.807, 2.05) is 23.7 Å². The van der Waals surface area contributed by atoms with Gasteiger partial charge in [-0.05, 0) is 31.0 Å². The molecule has 108 valence electrons. The van der Waals surface area contributed by atoms with Gasteiger partial charge < -0.3 is 14.6 Å². The minimum Gasteiger partial charge on any atom is -0.497 e. The molecule has 2 atom stereocenters. The number of hydrogen-bond acceptors (Lipinski definition) is 4. The van der Waals surface area contributed by atoms with E-state index in [1.54, 1.807) is 13.4 Å². The molecule has 0 fully saturated rings. The first-order valence-corrected chi connectivity index (χ1v) is 6.89. The summed E-state index contributed by atoms with van der Waals surface area (Å²) in [6.07, 6.45) is 2.73. The van der Waals surface area contributed by atoms with Crippen LogP contribution in [0.4, 0.5) is 0 Å². The Morgan fingerprint density at radius 1 is 1.30 bits per heavy atom. The molecule has 0 aliphatic rings. The van der Waals surface area contributed by atoms with E-state index in [9.17, 15) is 0 Å². The Labute approximate surface area is 120 Å². The molecule has 0 aliphatic heterocycles. The first-order chi connectivity index (χ1) is 9.65. The van der Waals surface area contributed by atoms with Gasteiger partial charge in [-0.3, -0.25) is 0 Å². The van der Waals surface area contributed by atoms with Gasteiger partial charge in [-0.2, -0.15) is 0 Å². The second-order valence-corrected chi connectivity index (χ2v) is 4.92. The van der Waals surface area contributed by atoms with Gasteiger partial charge in [0.05, 0.1) is 13.2 Å². The maximum Gasteiger partial charge on any atom is 0.149 e. The van der Waals surface area contributed by atoms with Gasteiger partial charge in [0.1, 0.15) is 17.9 Å². The molecule has 0 saturated carbocycles. The summed E-state index contributed by atoms with van der Waals surface area (Å²) in [5, 5.41) is 11.7. The van der Waals surface area contributed by atoms with E-state index < -0.39 is 0 Å². The fourth-order valence-electron chi connectivity index (χ4n) is 2.35. The number of hydrogen-bond donors (Lipinski definition) is 1. The zero-order valence-electron chi connectivity index (χ0n) is 12.5. The summed E-state index contributed by atoms with van der Waals surface area (Å²) >= 11 is 0. The predicted octanol–water partition coefficient (Wildman–Crippen LogP) is 2.63. The molecule has 0 radical (unpaired) electrons.